The summed E-state index contributed by atoms with van der Waals surface area (Å²) in [6.07, 6.45) is 4.31. The van der Waals surface area contributed by atoms with Crippen LogP contribution in [-0.2, 0) is 14.9 Å². The molecule has 2 N–H and O–H groups in total. The number of aromatic hydroxyl groups is 1. The van der Waals surface area contributed by atoms with Gasteiger partial charge in [0.2, 0.25) is 0 Å². The summed E-state index contributed by atoms with van der Waals surface area (Å²) < 4.78 is 34.5. The van der Waals surface area contributed by atoms with Gasteiger partial charge in [-0.3, -0.25) is 9.35 Å². The van der Waals surface area contributed by atoms with Crippen molar-refractivity contribution in [2.45, 2.75) is 4.90 Å². The average Bonchev–Trinajstić information content (AvgIpc) is 2.58. The maximum Gasteiger partial charge on any atom is 0.295 e. The zero-order valence-corrected chi connectivity index (χ0v) is 17.5. The normalized spacial score (nSPS) is 16.3. The van der Waals surface area contributed by atoms with Gasteiger partial charge in [-0.15, -0.1) is 0 Å². The number of carbonyl (C=O) groups excluding carboxylic acids is 1. The number of allylic oxidation sites excluding steroid dienone is 5. The van der Waals surface area contributed by atoms with Crippen LogP contribution in [-0.4, -0.2) is 23.9 Å². The SMILES string of the molecule is O=C1C=C/C(=C(\c2ccc(O)cc2Br)c2ccccc2S(=O)(=O)O)C(Br)=C1. The minimum atomic E-state index is -4.50. The van der Waals surface area contributed by atoms with Gasteiger partial charge >= 0.3 is 0 Å². The molecule has 0 amide bonds. The van der Waals surface area contributed by atoms with E-state index in [1.807, 2.05) is 0 Å². The molecule has 0 fully saturated rings. The Bertz CT molecular complexity index is 1140. The van der Waals surface area contributed by atoms with Crippen LogP contribution in [0.1, 0.15) is 11.1 Å². The van der Waals surface area contributed by atoms with E-state index in [2.05, 4.69) is 31.9 Å². The summed E-state index contributed by atoms with van der Waals surface area (Å²) in [5.74, 6) is -0.181. The number of phenols is 1. The lowest BCUT2D eigenvalue weighted by Crippen LogP contribution is -2.06. The van der Waals surface area contributed by atoms with E-state index in [-0.39, 0.29) is 22.0 Å². The largest absolute Gasteiger partial charge is 0.508 e. The fraction of sp³-hybridized carbons (Fsp3) is 0. The zero-order chi connectivity index (χ0) is 19.8. The van der Waals surface area contributed by atoms with Crippen LogP contribution >= 0.6 is 31.9 Å². The molecule has 0 aliphatic heterocycles. The molecule has 3 rings (SSSR count). The van der Waals surface area contributed by atoms with E-state index >= 15 is 0 Å². The molecular weight excluding hydrogens is 500 g/mol. The lowest BCUT2D eigenvalue weighted by Gasteiger charge is -2.19. The van der Waals surface area contributed by atoms with E-state index in [0.29, 0.717) is 25.7 Å². The standard InChI is InChI=1S/C19H12Br2O5S/c20-16-9-11(22)5-7-13(16)19(14-8-6-12(23)10-17(14)21)15-3-1-2-4-18(15)27(24,25)26/h1-10,22H,(H,24,25,26)/b19-14-. The van der Waals surface area contributed by atoms with Crippen molar-refractivity contribution >= 4 is 53.3 Å². The molecule has 0 heterocycles. The lowest BCUT2D eigenvalue weighted by atomic mass is 9.91. The molecule has 2 aromatic rings. The topological polar surface area (TPSA) is 91.7 Å². The Morgan fingerprint density at radius 1 is 0.963 bits per heavy atom. The first kappa shape index (κ1) is 19.8. The van der Waals surface area contributed by atoms with E-state index in [4.69, 9.17) is 0 Å². The summed E-state index contributed by atoms with van der Waals surface area (Å²) in [5, 5.41) is 9.71. The van der Waals surface area contributed by atoms with Gasteiger partial charge in [0.15, 0.2) is 5.78 Å². The molecule has 0 aromatic heterocycles. The minimum absolute atomic E-state index is 0.0296. The first-order valence-electron chi connectivity index (χ1n) is 7.58. The van der Waals surface area contributed by atoms with Gasteiger partial charge in [-0.2, -0.15) is 8.42 Å². The van der Waals surface area contributed by atoms with Gasteiger partial charge in [0.05, 0.1) is 0 Å². The Kier molecular flexibility index (Phi) is 5.53. The molecule has 0 radical (unpaired) electrons. The Morgan fingerprint density at radius 2 is 1.67 bits per heavy atom. The molecule has 2 aromatic carbocycles. The third-order valence-corrected chi connectivity index (χ3v) is 6.09. The van der Waals surface area contributed by atoms with Gasteiger partial charge in [0, 0.05) is 20.6 Å². The highest BCUT2D eigenvalue weighted by molar-refractivity contribution is 9.12. The fourth-order valence-electron chi connectivity index (χ4n) is 2.74. The van der Waals surface area contributed by atoms with E-state index in [9.17, 15) is 22.9 Å². The van der Waals surface area contributed by atoms with Crippen molar-refractivity contribution in [3.63, 3.8) is 0 Å². The molecule has 5 nitrogen and oxygen atoms in total. The smallest absolute Gasteiger partial charge is 0.295 e. The quantitative estimate of drug-likeness (QED) is 0.586. The third-order valence-electron chi connectivity index (χ3n) is 3.87. The second kappa shape index (κ2) is 7.55. The predicted octanol–water partition coefficient (Wildman–Crippen LogP) is 4.62. The van der Waals surface area contributed by atoms with Gasteiger partial charge in [-0.05, 0) is 53.1 Å². The van der Waals surface area contributed by atoms with Gasteiger partial charge in [-0.1, -0.05) is 50.1 Å². The van der Waals surface area contributed by atoms with E-state index in [1.54, 1.807) is 24.3 Å². The molecule has 0 saturated heterocycles. The van der Waals surface area contributed by atoms with Crippen molar-refractivity contribution in [2.75, 3.05) is 0 Å². The van der Waals surface area contributed by atoms with Gasteiger partial charge in [0.1, 0.15) is 10.6 Å². The van der Waals surface area contributed by atoms with E-state index < -0.39 is 10.1 Å². The molecule has 1 aliphatic rings. The fourth-order valence-corrected chi connectivity index (χ4v) is 4.56. The average molecular weight is 512 g/mol. The zero-order valence-electron chi connectivity index (χ0n) is 13.6. The number of hydrogen-bond donors (Lipinski definition) is 2. The Balaban J connectivity index is 2.44. The maximum absolute atomic E-state index is 11.9. The molecule has 8 heteroatoms. The number of benzene rings is 2. The molecule has 0 spiro atoms. The Morgan fingerprint density at radius 3 is 2.30 bits per heavy atom. The van der Waals surface area contributed by atoms with Crippen LogP contribution in [0, 0.1) is 0 Å². The van der Waals surface area contributed by atoms with Gasteiger partial charge < -0.3 is 5.11 Å². The molecular formula is C19H12Br2O5S. The number of halogens is 2. The summed E-state index contributed by atoms with van der Waals surface area (Å²) in [5.41, 5.74) is 1.84. The molecule has 138 valence electrons. The highest BCUT2D eigenvalue weighted by atomic mass is 79.9. The number of hydrogen-bond acceptors (Lipinski definition) is 4. The van der Waals surface area contributed by atoms with Crippen LogP contribution < -0.4 is 0 Å². The molecule has 0 unspecified atom stereocenters. The van der Waals surface area contributed by atoms with Crippen LogP contribution in [0.15, 0.2) is 80.1 Å². The summed E-state index contributed by atoms with van der Waals surface area (Å²) in [7, 11) is -4.50. The maximum atomic E-state index is 11.9. The Hall–Kier alpha value is -2.00. The van der Waals surface area contributed by atoms with Crippen LogP contribution in [0.5, 0.6) is 5.75 Å². The summed E-state index contributed by atoms with van der Waals surface area (Å²) >= 11 is 6.75. The van der Waals surface area contributed by atoms with Crippen molar-refractivity contribution in [1.82, 2.24) is 0 Å². The van der Waals surface area contributed by atoms with Crippen molar-refractivity contribution in [2.24, 2.45) is 0 Å². The third kappa shape index (κ3) is 4.14. The summed E-state index contributed by atoms with van der Waals surface area (Å²) in [6.45, 7) is 0. The molecule has 0 atom stereocenters. The van der Waals surface area contributed by atoms with E-state index in [0.717, 1.165) is 0 Å². The van der Waals surface area contributed by atoms with Crippen molar-refractivity contribution in [3.8, 4) is 5.75 Å². The van der Waals surface area contributed by atoms with Crippen molar-refractivity contribution < 1.29 is 22.9 Å². The lowest BCUT2D eigenvalue weighted by molar-refractivity contribution is -0.110. The van der Waals surface area contributed by atoms with Crippen molar-refractivity contribution in [3.05, 3.63) is 86.3 Å². The first-order valence-corrected chi connectivity index (χ1v) is 10.6. The van der Waals surface area contributed by atoms with E-state index in [1.165, 1.54) is 36.4 Å². The summed E-state index contributed by atoms with van der Waals surface area (Å²) in [6, 6.07) is 10.6. The molecule has 27 heavy (non-hydrogen) atoms. The van der Waals surface area contributed by atoms with Gasteiger partial charge in [-0.25, -0.2) is 0 Å². The first-order chi connectivity index (χ1) is 12.7. The van der Waals surface area contributed by atoms with Crippen molar-refractivity contribution in [1.29, 1.82) is 0 Å². The highest BCUT2D eigenvalue weighted by Crippen LogP contribution is 2.40. The number of carbonyl (C=O) groups is 1. The minimum Gasteiger partial charge on any atom is -0.508 e. The highest BCUT2D eigenvalue weighted by Gasteiger charge is 2.24. The number of ketones is 1. The monoisotopic (exact) mass is 510 g/mol. The molecule has 0 bridgehead atoms. The molecule has 0 saturated carbocycles. The van der Waals surface area contributed by atoms with Crippen LogP contribution in [0.2, 0.25) is 0 Å². The van der Waals surface area contributed by atoms with Crippen LogP contribution in [0.4, 0.5) is 0 Å². The summed E-state index contributed by atoms with van der Waals surface area (Å²) in [4.78, 5) is 11.4. The number of phenolic OH excluding ortho intramolecular Hbond substituents is 1. The number of rotatable bonds is 3. The van der Waals surface area contributed by atoms with Gasteiger partial charge in [0.25, 0.3) is 10.1 Å². The second-order valence-corrected chi connectivity index (χ2v) is 8.75. The Labute approximate surface area is 172 Å². The second-order valence-electron chi connectivity index (χ2n) is 5.65. The van der Waals surface area contributed by atoms with Crippen LogP contribution in [0.25, 0.3) is 5.57 Å². The van der Waals surface area contributed by atoms with Crippen LogP contribution in [0.3, 0.4) is 0 Å². The molecule has 1 aliphatic carbocycles. The predicted molar refractivity (Wildman–Crippen MR) is 109 cm³/mol.